The Morgan fingerprint density at radius 2 is 1.51 bits per heavy atom. The number of fused-ring (bicyclic) bond motifs is 3. The molecule has 4 aliphatic rings. The molecular weight excluding hydrogens is 808 g/mol. The summed E-state index contributed by atoms with van der Waals surface area (Å²) in [5.74, 6) is -7.23. The fourth-order valence-corrected chi connectivity index (χ4v) is 8.48. The number of carbonyl (C=O) groups excluding carboxylic acids is 7. The SMILES string of the molecule is C[C@H]1C[C@H]2C(=O)OC[C@H](NC(=O)[C@H](Cc3cc(F)cc(F)c3)NC(=O)Cc3ccc(OC(C)(F)F)cc3)C(=O)N3CCC[C@H]3C(=O)N3CCCC[C@H]3C(=O)N[C@@H](C)C(=O)N2C1. The maximum absolute atomic E-state index is 14.5. The van der Waals surface area contributed by atoms with Crippen molar-refractivity contribution in [2.24, 2.45) is 5.92 Å². The van der Waals surface area contributed by atoms with Crippen LogP contribution >= 0.6 is 0 Å². The first-order valence-electron chi connectivity index (χ1n) is 20.5. The van der Waals surface area contributed by atoms with Crippen LogP contribution in [0.1, 0.15) is 70.4 Å². The zero-order valence-corrected chi connectivity index (χ0v) is 34.1. The van der Waals surface area contributed by atoms with E-state index < -0.39 is 108 Å². The maximum Gasteiger partial charge on any atom is 0.394 e. The molecule has 2 aromatic carbocycles. The zero-order valence-electron chi connectivity index (χ0n) is 34.1. The molecule has 0 bridgehead atoms. The topological polar surface area (TPSA) is 184 Å². The molecule has 6 amide bonds. The Bertz CT molecular complexity index is 2000. The summed E-state index contributed by atoms with van der Waals surface area (Å²) in [7, 11) is 0. The molecule has 0 unspecified atom stereocenters. The predicted octanol–water partition coefficient (Wildman–Crippen LogP) is 2.38. The van der Waals surface area contributed by atoms with E-state index in [1.807, 2.05) is 6.92 Å². The molecule has 4 heterocycles. The van der Waals surface area contributed by atoms with Crippen LogP contribution in [-0.2, 0) is 51.1 Å². The third-order valence-corrected chi connectivity index (χ3v) is 11.3. The van der Waals surface area contributed by atoms with Crippen LogP contribution in [0, 0.1) is 17.6 Å². The van der Waals surface area contributed by atoms with Crippen LogP contribution in [0.25, 0.3) is 0 Å². The second kappa shape index (κ2) is 18.9. The van der Waals surface area contributed by atoms with Gasteiger partial charge in [0.1, 0.15) is 60.2 Å². The predicted molar refractivity (Wildman–Crippen MR) is 207 cm³/mol. The van der Waals surface area contributed by atoms with Crippen LogP contribution in [0.15, 0.2) is 42.5 Å². The molecule has 19 heteroatoms. The molecule has 4 saturated heterocycles. The van der Waals surface area contributed by atoms with Gasteiger partial charge in [-0.3, -0.25) is 28.8 Å². The fourth-order valence-electron chi connectivity index (χ4n) is 8.48. The van der Waals surface area contributed by atoms with Crippen molar-refractivity contribution in [2.45, 2.75) is 114 Å². The van der Waals surface area contributed by atoms with Crippen LogP contribution in [0.3, 0.4) is 0 Å². The Morgan fingerprint density at radius 3 is 2.20 bits per heavy atom. The molecule has 15 nitrogen and oxygen atoms in total. The number of alkyl halides is 2. The molecule has 61 heavy (non-hydrogen) atoms. The van der Waals surface area contributed by atoms with Crippen LogP contribution < -0.4 is 20.7 Å². The third-order valence-electron chi connectivity index (χ3n) is 11.3. The lowest BCUT2D eigenvalue weighted by Crippen LogP contribution is -2.62. The van der Waals surface area contributed by atoms with Gasteiger partial charge < -0.3 is 40.1 Å². The van der Waals surface area contributed by atoms with Crippen LogP contribution in [0.4, 0.5) is 17.6 Å². The second-order valence-electron chi connectivity index (χ2n) is 16.3. The number of cyclic esters (lactones) is 1. The number of halogens is 4. The van der Waals surface area contributed by atoms with Gasteiger partial charge in [0, 0.05) is 39.0 Å². The van der Waals surface area contributed by atoms with Gasteiger partial charge in [0.2, 0.25) is 35.4 Å². The van der Waals surface area contributed by atoms with Crippen molar-refractivity contribution in [3.8, 4) is 5.75 Å². The van der Waals surface area contributed by atoms with E-state index in [9.17, 15) is 51.1 Å². The number of amides is 6. The first-order valence-corrected chi connectivity index (χ1v) is 20.5. The first-order chi connectivity index (χ1) is 28.9. The molecule has 4 aliphatic heterocycles. The molecule has 330 valence electrons. The highest BCUT2D eigenvalue weighted by Gasteiger charge is 2.46. The van der Waals surface area contributed by atoms with E-state index >= 15 is 0 Å². The van der Waals surface area contributed by atoms with Crippen LogP contribution in [0.5, 0.6) is 5.75 Å². The van der Waals surface area contributed by atoms with Gasteiger partial charge in [-0.05, 0) is 86.8 Å². The molecule has 0 saturated carbocycles. The van der Waals surface area contributed by atoms with Gasteiger partial charge in [0.25, 0.3) is 0 Å². The van der Waals surface area contributed by atoms with E-state index in [2.05, 4.69) is 20.7 Å². The molecule has 0 radical (unpaired) electrons. The lowest BCUT2D eigenvalue weighted by atomic mass is 9.99. The summed E-state index contributed by atoms with van der Waals surface area (Å²) in [6.45, 7) is 3.65. The maximum atomic E-state index is 14.5. The van der Waals surface area contributed by atoms with Crippen molar-refractivity contribution in [1.82, 2.24) is 30.7 Å². The van der Waals surface area contributed by atoms with E-state index in [1.54, 1.807) is 0 Å². The number of benzene rings is 2. The standard InChI is InChI=1S/C42H50F4N6O9/c1-23-15-34-41(59)60-22-31(39(57)51-14-6-8-33(51)40(58)50-13-5-4-7-32(50)37(55)47-24(2)38(56)52(34)21-23)49-36(54)30(18-26-16-27(43)20-28(44)17-26)48-35(53)19-25-9-11-29(12-10-25)61-42(3,45)46/h9-12,16-17,20,23-24,30-34H,4-8,13-15,18-19,21-22H2,1-3H3,(H,47,55)(H,48,53)(H,49,54)/t23-,24-,30-,31-,32-,33-,34-/m0/s1. The first kappa shape index (κ1) is 44.8. The number of nitrogens with zero attached hydrogens (tertiary/aromatic N) is 3. The molecule has 2 aromatic rings. The van der Waals surface area contributed by atoms with Gasteiger partial charge >= 0.3 is 12.1 Å². The molecule has 4 fully saturated rings. The van der Waals surface area contributed by atoms with E-state index in [0.717, 1.165) is 12.1 Å². The molecule has 0 spiro atoms. The fraction of sp³-hybridized carbons (Fsp3) is 0.548. The van der Waals surface area contributed by atoms with Crippen molar-refractivity contribution in [1.29, 1.82) is 0 Å². The van der Waals surface area contributed by atoms with Crippen LogP contribution in [-0.4, -0.2) is 125 Å². The number of rotatable bonds is 9. The summed E-state index contributed by atoms with van der Waals surface area (Å²) in [4.78, 5) is 102. The van der Waals surface area contributed by atoms with Gasteiger partial charge in [-0.1, -0.05) is 19.1 Å². The van der Waals surface area contributed by atoms with Gasteiger partial charge in [-0.15, -0.1) is 0 Å². The molecule has 0 aliphatic carbocycles. The highest BCUT2D eigenvalue weighted by molar-refractivity contribution is 5.98. The van der Waals surface area contributed by atoms with E-state index in [4.69, 9.17) is 4.74 Å². The number of carbonyl (C=O) groups is 7. The van der Waals surface area contributed by atoms with Crippen molar-refractivity contribution in [3.63, 3.8) is 0 Å². The highest BCUT2D eigenvalue weighted by Crippen LogP contribution is 2.28. The zero-order chi connectivity index (χ0) is 44.2. The molecule has 6 rings (SSSR count). The average molecular weight is 859 g/mol. The third kappa shape index (κ3) is 11.2. The van der Waals surface area contributed by atoms with Crippen molar-refractivity contribution in [2.75, 3.05) is 26.2 Å². The summed E-state index contributed by atoms with van der Waals surface area (Å²) in [5.41, 5.74) is 0.302. The molecule has 0 aromatic heterocycles. The van der Waals surface area contributed by atoms with Crippen LogP contribution in [0.2, 0.25) is 0 Å². The second-order valence-corrected chi connectivity index (χ2v) is 16.3. The molecule has 7 atom stereocenters. The van der Waals surface area contributed by atoms with E-state index in [-0.39, 0.29) is 56.1 Å². The Hall–Kier alpha value is -5.75. The number of nitrogens with one attached hydrogen (secondary N) is 3. The van der Waals surface area contributed by atoms with E-state index in [0.29, 0.717) is 44.2 Å². The molecule has 3 N–H and O–H groups in total. The highest BCUT2D eigenvalue weighted by atomic mass is 19.3. The summed E-state index contributed by atoms with van der Waals surface area (Å²) >= 11 is 0. The van der Waals surface area contributed by atoms with Crippen molar-refractivity contribution < 1.29 is 60.6 Å². The lowest BCUT2D eigenvalue weighted by Gasteiger charge is -2.39. The number of piperidine rings is 1. The monoisotopic (exact) mass is 858 g/mol. The summed E-state index contributed by atoms with van der Waals surface area (Å²) in [6.07, 6.45) is -1.87. The Labute approximate surface area is 349 Å². The van der Waals surface area contributed by atoms with Gasteiger partial charge in [-0.25, -0.2) is 13.6 Å². The average Bonchev–Trinajstić information content (AvgIpc) is 3.85. The largest absolute Gasteiger partial charge is 0.461 e. The van der Waals surface area contributed by atoms with Gasteiger partial charge in [0.05, 0.1) is 6.42 Å². The number of esters is 1. The van der Waals surface area contributed by atoms with E-state index in [1.165, 1.54) is 45.9 Å². The Balaban J connectivity index is 1.29. The lowest BCUT2D eigenvalue weighted by molar-refractivity contribution is -0.159. The normalized spacial score (nSPS) is 25.8. The van der Waals surface area contributed by atoms with Crippen molar-refractivity contribution in [3.05, 3.63) is 65.2 Å². The van der Waals surface area contributed by atoms with Crippen molar-refractivity contribution >= 4 is 41.4 Å². The number of hydrogen-bond acceptors (Lipinski definition) is 9. The summed E-state index contributed by atoms with van der Waals surface area (Å²) in [5, 5.41) is 7.81. The Morgan fingerprint density at radius 1 is 0.852 bits per heavy atom. The minimum absolute atomic E-state index is 0.0321. The summed E-state index contributed by atoms with van der Waals surface area (Å²) in [6, 6.07) is 0.402. The minimum atomic E-state index is -3.45. The minimum Gasteiger partial charge on any atom is -0.461 e. The van der Waals surface area contributed by atoms with Gasteiger partial charge in [-0.2, -0.15) is 8.78 Å². The summed E-state index contributed by atoms with van der Waals surface area (Å²) < 4.78 is 65.5. The van der Waals surface area contributed by atoms with Gasteiger partial charge in [0.15, 0.2) is 0 Å². The smallest absolute Gasteiger partial charge is 0.394 e. The molecular formula is C42H50F4N6O9. The number of ether oxygens (including phenoxy) is 2. The quantitative estimate of drug-likeness (QED) is 0.252. The Kier molecular flexibility index (Phi) is 13.9. The number of hydrogen-bond donors (Lipinski definition) is 3.